The Balaban J connectivity index is 0.00000289. The number of nitrogens with two attached hydrogens (primary N) is 1. The summed E-state index contributed by atoms with van der Waals surface area (Å²) in [5.41, 5.74) is 5.82. The first-order valence-electron chi connectivity index (χ1n) is 6.43. The molecule has 5 nitrogen and oxygen atoms in total. The molecular formula is C12H27IN4O. The highest BCUT2D eigenvalue weighted by Crippen LogP contribution is 2.15. The molecule has 6 heteroatoms. The normalized spacial score (nSPS) is 22.6. The van der Waals surface area contributed by atoms with E-state index in [-0.39, 0.29) is 30.0 Å². The van der Waals surface area contributed by atoms with Crippen LogP contribution in [0.2, 0.25) is 0 Å². The van der Waals surface area contributed by atoms with Gasteiger partial charge in [0.15, 0.2) is 5.96 Å². The molecule has 0 saturated carbocycles. The Morgan fingerprint density at radius 2 is 2.33 bits per heavy atom. The van der Waals surface area contributed by atoms with Crippen molar-refractivity contribution in [1.82, 2.24) is 10.2 Å². The molecule has 1 rings (SSSR count). The number of hydrogen-bond acceptors (Lipinski definition) is 3. The van der Waals surface area contributed by atoms with E-state index in [0.717, 1.165) is 19.6 Å². The number of aliphatic imine (C=N–C) groups is 1. The van der Waals surface area contributed by atoms with Crippen LogP contribution in [0, 0.1) is 5.92 Å². The Labute approximate surface area is 128 Å². The van der Waals surface area contributed by atoms with Gasteiger partial charge in [-0.3, -0.25) is 4.99 Å². The van der Waals surface area contributed by atoms with Gasteiger partial charge in [0, 0.05) is 26.2 Å². The fraction of sp³-hybridized carbons (Fsp3) is 0.917. The van der Waals surface area contributed by atoms with Crippen LogP contribution < -0.4 is 11.1 Å². The molecule has 2 atom stereocenters. The lowest BCUT2D eigenvalue weighted by molar-refractivity contribution is 0.179. The Morgan fingerprint density at radius 3 is 2.89 bits per heavy atom. The Morgan fingerprint density at radius 1 is 1.61 bits per heavy atom. The van der Waals surface area contributed by atoms with Crippen LogP contribution >= 0.6 is 24.0 Å². The van der Waals surface area contributed by atoms with Gasteiger partial charge in [-0.25, -0.2) is 0 Å². The first-order chi connectivity index (χ1) is 8.15. The third kappa shape index (κ3) is 6.75. The Hall–Kier alpha value is -0.0800. The number of nitrogens with one attached hydrogen (secondary N) is 1. The largest absolute Gasteiger partial charge is 0.383 e. The van der Waals surface area contributed by atoms with E-state index < -0.39 is 0 Å². The van der Waals surface area contributed by atoms with Crippen LogP contribution in [0.4, 0.5) is 0 Å². The predicted octanol–water partition coefficient (Wildman–Crippen LogP) is 0.885. The molecule has 2 unspecified atom stereocenters. The molecule has 0 aromatic heterocycles. The van der Waals surface area contributed by atoms with Crippen LogP contribution in [0.1, 0.15) is 20.3 Å². The summed E-state index contributed by atoms with van der Waals surface area (Å²) in [6, 6.07) is 0.208. The summed E-state index contributed by atoms with van der Waals surface area (Å²) in [5, 5.41) is 3.12. The smallest absolute Gasteiger partial charge is 0.188 e. The van der Waals surface area contributed by atoms with E-state index in [2.05, 4.69) is 22.1 Å². The molecule has 18 heavy (non-hydrogen) atoms. The molecule has 0 aliphatic carbocycles. The Kier molecular flexibility index (Phi) is 9.76. The summed E-state index contributed by atoms with van der Waals surface area (Å²) in [6.07, 6.45) is 1.23. The molecule has 0 spiro atoms. The van der Waals surface area contributed by atoms with Crippen LogP contribution in [0.15, 0.2) is 4.99 Å². The van der Waals surface area contributed by atoms with Crippen LogP contribution in [-0.4, -0.2) is 56.8 Å². The van der Waals surface area contributed by atoms with Crippen molar-refractivity contribution in [3.8, 4) is 0 Å². The van der Waals surface area contributed by atoms with E-state index >= 15 is 0 Å². The minimum Gasteiger partial charge on any atom is -0.383 e. The number of halogens is 1. The standard InChI is InChI=1S/C12H26N4O.HI/c1-4-16-6-5-11(8-16)7-14-12(13)15-10(2)9-17-3;/h10-11H,4-9H2,1-3H3,(H3,13,14,15);1H. The van der Waals surface area contributed by atoms with Crippen molar-refractivity contribution < 1.29 is 4.74 Å². The van der Waals surface area contributed by atoms with Crippen LogP contribution in [0.3, 0.4) is 0 Å². The van der Waals surface area contributed by atoms with Gasteiger partial charge in [-0.05, 0) is 32.4 Å². The van der Waals surface area contributed by atoms with Gasteiger partial charge in [-0.1, -0.05) is 6.92 Å². The summed E-state index contributed by atoms with van der Waals surface area (Å²) < 4.78 is 5.03. The minimum absolute atomic E-state index is 0. The topological polar surface area (TPSA) is 62.9 Å². The predicted molar refractivity (Wildman–Crippen MR) is 86.6 cm³/mol. The summed E-state index contributed by atoms with van der Waals surface area (Å²) in [7, 11) is 1.68. The van der Waals surface area contributed by atoms with Crippen molar-refractivity contribution in [2.45, 2.75) is 26.3 Å². The summed E-state index contributed by atoms with van der Waals surface area (Å²) in [4.78, 5) is 6.85. The molecule has 1 aliphatic rings. The van der Waals surface area contributed by atoms with Crippen molar-refractivity contribution >= 4 is 29.9 Å². The number of hydrogen-bond donors (Lipinski definition) is 2. The maximum Gasteiger partial charge on any atom is 0.188 e. The van der Waals surface area contributed by atoms with Crippen LogP contribution in [0.25, 0.3) is 0 Å². The van der Waals surface area contributed by atoms with Gasteiger partial charge in [-0.2, -0.15) is 0 Å². The van der Waals surface area contributed by atoms with E-state index in [9.17, 15) is 0 Å². The zero-order valence-corrected chi connectivity index (χ0v) is 14.0. The number of rotatable bonds is 6. The first-order valence-corrected chi connectivity index (χ1v) is 6.43. The number of likely N-dealkylation sites (tertiary alicyclic amines) is 1. The van der Waals surface area contributed by atoms with Crippen LogP contribution in [0.5, 0.6) is 0 Å². The fourth-order valence-corrected chi connectivity index (χ4v) is 2.17. The maximum atomic E-state index is 5.82. The maximum absolute atomic E-state index is 5.82. The molecule has 3 N–H and O–H groups in total. The summed E-state index contributed by atoms with van der Waals surface area (Å²) in [5.74, 6) is 1.19. The highest BCUT2D eigenvalue weighted by atomic mass is 127. The molecule has 1 aliphatic heterocycles. The molecule has 1 saturated heterocycles. The van der Waals surface area contributed by atoms with E-state index in [0.29, 0.717) is 18.5 Å². The third-order valence-corrected chi connectivity index (χ3v) is 3.15. The van der Waals surface area contributed by atoms with Crippen molar-refractivity contribution in [3.63, 3.8) is 0 Å². The fourth-order valence-electron chi connectivity index (χ4n) is 2.17. The highest BCUT2D eigenvalue weighted by Gasteiger charge is 2.20. The molecule has 0 radical (unpaired) electrons. The lowest BCUT2D eigenvalue weighted by atomic mass is 10.1. The van der Waals surface area contributed by atoms with E-state index in [1.165, 1.54) is 13.0 Å². The lowest BCUT2D eigenvalue weighted by Crippen LogP contribution is -2.41. The molecule has 0 aromatic rings. The molecule has 108 valence electrons. The number of ether oxygens (including phenoxy) is 1. The van der Waals surface area contributed by atoms with Crippen LogP contribution in [-0.2, 0) is 4.74 Å². The monoisotopic (exact) mass is 370 g/mol. The summed E-state index contributed by atoms with van der Waals surface area (Å²) in [6.45, 7) is 9.19. The number of nitrogens with zero attached hydrogens (tertiary/aromatic N) is 2. The second-order valence-corrected chi connectivity index (χ2v) is 4.77. The molecule has 0 bridgehead atoms. The number of guanidine groups is 1. The quantitative estimate of drug-likeness (QED) is 0.414. The van der Waals surface area contributed by atoms with Gasteiger partial charge >= 0.3 is 0 Å². The molecule has 0 amide bonds. The van der Waals surface area contributed by atoms with E-state index in [1.807, 2.05) is 6.92 Å². The third-order valence-electron chi connectivity index (χ3n) is 3.15. The van der Waals surface area contributed by atoms with Gasteiger partial charge in [-0.15, -0.1) is 24.0 Å². The van der Waals surface area contributed by atoms with Crippen molar-refractivity contribution in [1.29, 1.82) is 0 Å². The SMILES string of the molecule is CCN1CCC(CN=C(N)NC(C)COC)C1.I. The minimum atomic E-state index is 0. The van der Waals surface area contributed by atoms with Crippen molar-refractivity contribution in [2.24, 2.45) is 16.6 Å². The average Bonchev–Trinajstić information content (AvgIpc) is 2.74. The van der Waals surface area contributed by atoms with Gasteiger partial charge in [0.2, 0.25) is 0 Å². The molecule has 0 aromatic carbocycles. The summed E-state index contributed by atoms with van der Waals surface area (Å²) >= 11 is 0. The zero-order valence-electron chi connectivity index (χ0n) is 11.7. The van der Waals surface area contributed by atoms with Gasteiger partial charge in [0.05, 0.1) is 6.61 Å². The second-order valence-electron chi connectivity index (χ2n) is 4.77. The van der Waals surface area contributed by atoms with E-state index in [1.54, 1.807) is 7.11 Å². The average molecular weight is 370 g/mol. The first kappa shape index (κ1) is 17.9. The molecule has 1 heterocycles. The molecule has 1 fully saturated rings. The second kappa shape index (κ2) is 9.80. The lowest BCUT2D eigenvalue weighted by Gasteiger charge is -2.14. The van der Waals surface area contributed by atoms with Gasteiger partial charge in [0.1, 0.15) is 0 Å². The van der Waals surface area contributed by atoms with Crippen molar-refractivity contribution in [2.75, 3.05) is 39.9 Å². The van der Waals surface area contributed by atoms with Gasteiger partial charge in [0.25, 0.3) is 0 Å². The highest BCUT2D eigenvalue weighted by molar-refractivity contribution is 14.0. The van der Waals surface area contributed by atoms with Gasteiger partial charge < -0.3 is 20.7 Å². The zero-order chi connectivity index (χ0) is 12.7. The van der Waals surface area contributed by atoms with E-state index in [4.69, 9.17) is 10.5 Å². The molecular weight excluding hydrogens is 343 g/mol. The Bertz CT molecular complexity index is 250. The number of methoxy groups -OCH3 is 1. The van der Waals surface area contributed by atoms with Crippen molar-refractivity contribution in [3.05, 3.63) is 0 Å².